The minimum atomic E-state index is -0.606. The lowest BCUT2D eigenvalue weighted by atomic mass is 9.88. The number of hydrogen-bond acceptors (Lipinski definition) is 1. The van der Waals surface area contributed by atoms with E-state index in [-0.39, 0.29) is 5.92 Å². The maximum absolute atomic E-state index is 10.0. The Labute approximate surface area is 92.5 Å². The van der Waals surface area contributed by atoms with Gasteiger partial charge in [0.1, 0.15) is 0 Å². The zero-order valence-corrected chi connectivity index (χ0v) is 9.77. The van der Waals surface area contributed by atoms with E-state index in [0.717, 1.165) is 6.42 Å². The van der Waals surface area contributed by atoms with Gasteiger partial charge >= 0.3 is 0 Å². The summed E-state index contributed by atoms with van der Waals surface area (Å²) in [5, 5.41) is 10.0. The Morgan fingerprint density at radius 1 is 1.33 bits per heavy atom. The van der Waals surface area contributed by atoms with Crippen molar-refractivity contribution in [3.63, 3.8) is 0 Å². The monoisotopic (exact) mass is 204 g/mol. The third kappa shape index (κ3) is 3.52. The average molecular weight is 204 g/mol. The van der Waals surface area contributed by atoms with E-state index in [4.69, 9.17) is 0 Å². The summed E-state index contributed by atoms with van der Waals surface area (Å²) in [6.45, 7) is 5.93. The summed E-state index contributed by atoms with van der Waals surface area (Å²) in [6.07, 6.45) is 4.90. The van der Waals surface area contributed by atoms with Gasteiger partial charge in [-0.2, -0.15) is 0 Å². The minimum absolute atomic E-state index is 0.169. The molecule has 0 amide bonds. The summed E-state index contributed by atoms with van der Waals surface area (Å²) in [5.41, 5.74) is 0.571. The molecule has 1 nitrogen and oxygen atoms in total. The van der Waals surface area contributed by atoms with Crippen molar-refractivity contribution in [1.82, 2.24) is 0 Å². The fourth-order valence-corrected chi connectivity index (χ4v) is 1.35. The zero-order chi connectivity index (χ0) is 11.3. The molecule has 0 aliphatic carbocycles. The number of aliphatic hydroxyl groups is 1. The van der Waals surface area contributed by atoms with Gasteiger partial charge in [0.25, 0.3) is 0 Å². The maximum Gasteiger partial charge on any atom is 0.0676 e. The first-order valence-corrected chi connectivity index (χ1v) is 5.52. The number of hydrogen-bond donors (Lipinski definition) is 1. The molecule has 0 bridgehead atoms. The van der Waals surface area contributed by atoms with Gasteiger partial charge in [-0.05, 0) is 18.9 Å². The van der Waals surface area contributed by atoms with Crippen LogP contribution in [0, 0.1) is 5.92 Å². The van der Waals surface area contributed by atoms with Crippen molar-refractivity contribution in [3.05, 3.63) is 42.0 Å². The molecule has 0 saturated carbocycles. The molecule has 0 radical (unpaired) electrons. The summed E-state index contributed by atoms with van der Waals surface area (Å²) in [5.74, 6) is 0.169. The molecular formula is C14H20O. The largest absolute Gasteiger partial charge is 0.390 e. The molecule has 1 aromatic rings. The van der Waals surface area contributed by atoms with Crippen LogP contribution in [0.1, 0.15) is 32.8 Å². The molecule has 1 N–H and O–H groups in total. The first kappa shape index (κ1) is 12.0. The van der Waals surface area contributed by atoms with Crippen LogP contribution in [0.4, 0.5) is 0 Å². The van der Waals surface area contributed by atoms with Crippen LogP contribution in [0.15, 0.2) is 36.4 Å². The third-order valence-corrected chi connectivity index (χ3v) is 3.07. The normalized spacial score (nSPS) is 17.6. The Morgan fingerprint density at radius 3 is 2.47 bits per heavy atom. The second-order valence-corrected chi connectivity index (χ2v) is 4.27. The standard InChI is InChI=1S/C14H20O/c1-4-14(3,15)12(2)10-11-13-8-6-5-7-9-13/h5-12,15H,4H2,1-3H3/b11-10+/t12-,14+/m0/s1. The highest BCUT2D eigenvalue weighted by Crippen LogP contribution is 2.22. The maximum atomic E-state index is 10.0. The molecule has 0 heterocycles. The fourth-order valence-electron chi connectivity index (χ4n) is 1.35. The van der Waals surface area contributed by atoms with Crippen molar-refractivity contribution in [2.75, 3.05) is 0 Å². The molecule has 1 heteroatoms. The molecule has 0 aromatic heterocycles. The Morgan fingerprint density at radius 2 is 1.93 bits per heavy atom. The van der Waals surface area contributed by atoms with Crippen LogP contribution < -0.4 is 0 Å². The summed E-state index contributed by atoms with van der Waals surface area (Å²) in [4.78, 5) is 0. The lowest BCUT2D eigenvalue weighted by Gasteiger charge is -2.26. The van der Waals surface area contributed by atoms with E-state index in [1.54, 1.807) is 0 Å². The second kappa shape index (κ2) is 5.13. The summed E-state index contributed by atoms with van der Waals surface area (Å²) >= 11 is 0. The van der Waals surface area contributed by atoms with Crippen molar-refractivity contribution >= 4 is 6.08 Å². The second-order valence-electron chi connectivity index (χ2n) is 4.27. The topological polar surface area (TPSA) is 20.2 Å². The fraction of sp³-hybridized carbons (Fsp3) is 0.429. The van der Waals surface area contributed by atoms with Gasteiger partial charge in [-0.3, -0.25) is 0 Å². The Kier molecular flexibility index (Phi) is 4.10. The van der Waals surface area contributed by atoms with E-state index in [0.29, 0.717) is 0 Å². The molecule has 0 saturated heterocycles. The molecular weight excluding hydrogens is 184 g/mol. The van der Waals surface area contributed by atoms with Crippen LogP contribution in [0.25, 0.3) is 6.08 Å². The van der Waals surface area contributed by atoms with Gasteiger partial charge in [0.15, 0.2) is 0 Å². The van der Waals surface area contributed by atoms with Crippen LogP contribution in [-0.2, 0) is 0 Å². The van der Waals surface area contributed by atoms with Gasteiger partial charge in [0.2, 0.25) is 0 Å². The van der Waals surface area contributed by atoms with Gasteiger partial charge in [-0.1, -0.05) is 56.3 Å². The Balaban J connectivity index is 2.66. The highest BCUT2D eigenvalue weighted by Gasteiger charge is 2.23. The van der Waals surface area contributed by atoms with Crippen LogP contribution in [0.3, 0.4) is 0 Å². The Hall–Kier alpha value is -1.08. The smallest absolute Gasteiger partial charge is 0.0676 e. The lowest BCUT2D eigenvalue weighted by Crippen LogP contribution is -2.30. The highest BCUT2D eigenvalue weighted by molar-refractivity contribution is 5.49. The van der Waals surface area contributed by atoms with Crippen molar-refractivity contribution < 1.29 is 5.11 Å². The first-order valence-electron chi connectivity index (χ1n) is 5.52. The first-order chi connectivity index (χ1) is 7.06. The molecule has 0 aliphatic rings. The quantitative estimate of drug-likeness (QED) is 0.796. The van der Waals surface area contributed by atoms with Gasteiger partial charge in [-0.25, -0.2) is 0 Å². The van der Waals surface area contributed by atoms with E-state index in [2.05, 4.69) is 24.3 Å². The van der Waals surface area contributed by atoms with E-state index >= 15 is 0 Å². The summed E-state index contributed by atoms with van der Waals surface area (Å²) in [6, 6.07) is 10.2. The molecule has 2 atom stereocenters. The van der Waals surface area contributed by atoms with Crippen molar-refractivity contribution in [2.24, 2.45) is 5.92 Å². The van der Waals surface area contributed by atoms with Crippen LogP contribution in [-0.4, -0.2) is 10.7 Å². The SMILES string of the molecule is CC[C@@](C)(O)[C@@H](C)/C=C/c1ccccc1. The van der Waals surface area contributed by atoms with Crippen LogP contribution >= 0.6 is 0 Å². The number of benzene rings is 1. The predicted octanol–water partition coefficient (Wildman–Crippen LogP) is 3.50. The van der Waals surface area contributed by atoms with E-state index in [9.17, 15) is 5.11 Å². The molecule has 0 aliphatic heterocycles. The van der Waals surface area contributed by atoms with Gasteiger partial charge < -0.3 is 5.11 Å². The van der Waals surface area contributed by atoms with Crippen molar-refractivity contribution in [2.45, 2.75) is 32.8 Å². The van der Waals surface area contributed by atoms with Crippen LogP contribution in [0.2, 0.25) is 0 Å². The average Bonchev–Trinajstić information content (AvgIpc) is 2.27. The summed E-state index contributed by atoms with van der Waals surface area (Å²) in [7, 11) is 0. The molecule has 0 unspecified atom stereocenters. The van der Waals surface area contributed by atoms with Crippen molar-refractivity contribution in [3.8, 4) is 0 Å². The van der Waals surface area contributed by atoms with Crippen LogP contribution in [0.5, 0.6) is 0 Å². The van der Waals surface area contributed by atoms with Gasteiger partial charge in [0.05, 0.1) is 5.60 Å². The molecule has 1 aromatic carbocycles. The van der Waals surface area contributed by atoms with Gasteiger partial charge in [-0.15, -0.1) is 0 Å². The Bertz CT molecular complexity index is 311. The molecule has 0 fully saturated rings. The highest BCUT2D eigenvalue weighted by atomic mass is 16.3. The molecule has 0 spiro atoms. The summed E-state index contributed by atoms with van der Waals surface area (Å²) < 4.78 is 0. The number of rotatable bonds is 4. The zero-order valence-electron chi connectivity index (χ0n) is 9.77. The van der Waals surface area contributed by atoms with Crippen molar-refractivity contribution in [1.29, 1.82) is 0 Å². The minimum Gasteiger partial charge on any atom is -0.390 e. The van der Waals surface area contributed by atoms with E-state index < -0.39 is 5.60 Å². The molecule has 82 valence electrons. The lowest BCUT2D eigenvalue weighted by molar-refractivity contribution is 0.0211. The van der Waals surface area contributed by atoms with E-state index in [1.807, 2.05) is 39.0 Å². The third-order valence-electron chi connectivity index (χ3n) is 3.07. The molecule has 1 rings (SSSR count). The van der Waals surface area contributed by atoms with Gasteiger partial charge in [0, 0.05) is 5.92 Å². The predicted molar refractivity (Wildman–Crippen MR) is 65.6 cm³/mol. The molecule has 15 heavy (non-hydrogen) atoms. The van der Waals surface area contributed by atoms with E-state index in [1.165, 1.54) is 5.56 Å².